The molecule has 2 aromatic rings. The number of nitrogen functional groups attached to an aromatic ring is 1. The summed E-state index contributed by atoms with van der Waals surface area (Å²) < 4.78 is 5.21. The van der Waals surface area contributed by atoms with E-state index in [9.17, 15) is 0 Å². The van der Waals surface area contributed by atoms with Gasteiger partial charge in [-0.25, -0.2) is 4.98 Å². The fraction of sp³-hybridized carbons (Fsp3) is 0.182. The molecule has 0 aromatic carbocycles. The van der Waals surface area contributed by atoms with E-state index in [4.69, 9.17) is 33.4 Å². The molecule has 0 saturated heterocycles. The quantitative estimate of drug-likeness (QED) is 0.896. The summed E-state index contributed by atoms with van der Waals surface area (Å²) in [5.74, 6) is 1.69. The highest BCUT2D eigenvalue weighted by Gasteiger charge is 2.06. The number of nitrogens with one attached hydrogen (secondary N) is 1. The van der Waals surface area contributed by atoms with Crippen LogP contribution < -0.4 is 11.1 Å². The zero-order valence-corrected chi connectivity index (χ0v) is 10.4. The molecule has 90 valence electrons. The SMILES string of the molecule is Nc1nc(NCCc2ccco2)c(Cl)cc1Cl. The van der Waals surface area contributed by atoms with Crippen LogP contribution in [0, 0.1) is 0 Å². The predicted octanol–water partition coefficient (Wildman–Crippen LogP) is 3.22. The average Bonchev–Trinajstić information content (AvgIpc) is 2.78. The summed E-state index contributed by atoms with van der Waals surface area (Å²) in [6, 6.07) is 5.33. The van der Waals surface area contributed by atoms with Crippen molar-refractivity contribution in [1.29, 1.82) is 0 Å². The number of anilines is 2. The zero-order chi connectivity index (χ0) is 12.3. The summed E-state index contributed by atoms with van der Waals surface area (Å²) in [7, 11) is 0. The van der Waals surface area contributed by atoms with E-state index in [0.717, 1.165) is 12.2 Å². The summed E-state index contributed by atoms with van der Waals surface area (Å²) in [6.07, 6.45) is 2.38. The Hall–Kier alpha value is -1.39. The fourth-order valence-corrected chi connectivity index (χ4v) is 1.79. The molecule has 0 amide bonds. The van der Waals surface area contributed by atoms with Crippen molar-refractivity contribution in [3.8, 4) is 0 Å². The summed E-state index contributed by atoms with van der Waals surface area (Å²) in [4.78, 5) is 4.06. The summed E-state index contributed by atoms with van der Waals surface area (Å²) in [5.41, 5.74) is 5.60. The Bertz CT molecular complexity index is 500. The number of nitrogens with zero attached hydrogens (tertiary/aromatic N) is 1. The maximum absolute atomic E-state index is 5.97. The molecule has 0 aliphatic heterocycles. The standard InChI is InChI=1S/C11H11Cl2N3O/c12-8-6-9(13)11(16-10(8)14)15-4-3-7-2-1-5-17-7/h1-2,5-6H,3-4H2,(H3,14,15,16). The van der Waals surface area contributed by atoms with Crippen LogP contribution in [-0.2, 0) is 6.42 Å². The Labute approximate surface area is 109 Å². The fourth-order valence-electron chi connectivity index (χ4n) is 1.36. The van der Waals surface area contributed by atoms with Crippen molar-refractivity contribution >= 4 is 34.8 Å². The Morgan fingerprint density at radius 2 is 2.18 bits per heavy atom. The lowest BCUT2D eigenvalue weighted by Gasteiger charge is -2.08. The van der Waals surface area contributed by atoms with Gasteiger partial charge in [0.2, 0.25) is 0 Å². The van der Waals surface area contributed by atoms with Crippen LogP contribution in [0.15, 0.2) is 28.9 Å². The van der Waals surface area contributed by atoms with Gasteiger partial charge in [0.05, 0.1) is 16.3 Å². The lowest BCUT2D eigenvalue weighted by atomic mass is 10.3. The van der Waals surface area contributed by atoms with Crippen molar-refractivity contribution in [1.82, 2.24) is 4.98 Å². The molecule has 17 heavy (non-hydrogen) atoms. The molecule has 3 N–H and O–H groups in total. The number of pyridine rings is 1. The number of hydrogen-bond acceptors (Lipinski definition) is 4. The van der Waals surface area contributed by atoms with Gasteiger partial charge in [-0.3, -0.25) is 0 Å². The molecule has 0 aliphatic carbocycles. The lowest BCUT2D eigenvalue weighted by molar-refractivity contribution is 0.513. The summed E-state index contributed by atoms with van der Waals surface area (Å²) in [5, 5.41) is 3.88. The Balaban J connectivity index is 1.97. The maximum Gasteiger partial charge on any atom is 0.147 e. The largest absolute Gasteiger partial charge is 0.469 e. The molecule has 4 nitrogen and oxygen atoms in total. The van der Waals surface area contributed by atoms with Crippen LogP contribution in [0.1, 0.15) is 5.76 Å². The van der Waals surface area contributed by atoms with Gasteiger partial charge < -0.3 is 15.5 Å². The van der Waals surface area contributed by atoms with Crippen molar-refractivity contribution < 1.29 is 4.42 Å². The summed E-state index contributed by atoms with van der Waals surface area (Å²) >= 11 is 11.8. The van der Waals surface area contributed by atoms with Crippen molar-refractivity contribution in [3.63, 3.8) is 0 Å². The molecule has 6 heteroatoms. The third-order valence-corrected chi connectivity index (χ3v) is 2.79. The molecule has 0 spiro atoms. The number of hydrogen-bond donors (Lipinski definition) is 2. The van der Waals surface area contributed by atoms with Gasteiger partial charge in [0.1, 0.15) is 17.4 Å². The topological polar surface area (TPSA) is 64.1 Å². The second-order valence-corrected chi connectivity index (χ2v) is 4.26. The van der Waals surface area contributed by atoms with Gasteiger partial charge in [-0.1, -0.05) is 23.2 Å². The molecular weight excluding hydrogens is 261 g/mol. The third kappa shape index (κ3) is 3.05. The highest BCUT2D eigenvalue weighted by Crippen LogP contribution is 2.27. The van der Waals surface area contributed by atoms with Crippen LogP contribution in [0.4, 0.5) is 11.6 Å². The van der Waals surface area contributed by atoms with E-state index in [2.05, 4.69) is 10.3 Å². The number of aromatic nitrogens is 1. The minimum absolute atomic E-state index is 0.261. The second kappa shape index (κ2) is 5.29. The molecule has 0 atom stereocenters. The molecular formula is C11H11Cl2N3O. The first kappa shape index (κ1) is 12.1. The predicted molar refractivity (Wildman–Crippen MR) is 69.6 cm³/mol. The Morgan fingerprint density at radius 3 is 2.88 bits per heavy atom. The minimum Gasteiger partial charge on any atom is -0.469 e. The van der Waals surface area contributed by atoms with Crippen LogP contribution in [0.25, 0.3) is 0 Å². The van der Waals surface area contributed by atoms with Crippen molar-refractivity contribution in [2.75, 3.05) is 17.6 Å². The van der Waals surface area contributed by atoms with E-state index in [1.807, 2.05) is 12.1 Å². The van der Waals surface area contributed by atoms with Crippen LogP contribution >= 0.6 is 23.2 Å². The first-order valence-corrected chi connectivity index (χ1v) is 5.80. The van der Waals surface area contributed by atoms with E-state index in [0.29, 0.717) is 22.4 Å². The minimum atomic E-state index is 0.261. The molecule has 0 unspecified atom stereocenters. The maximum atomic E-state index is 5.97. The van der Waals surface area contributed by atoms with Crippen molar-refractivity contribution in [3.05, 3.63) is 40.3 Å². The van der Waals surface area contributed by atoms with Gasteiger partial charge in [-0.2, -0.15) is 0 Å². The smallest absolute Gasteiger partial charge is 0.147 e. The Kier molecular flexibility index (Phi) is 3.76. The number of halogens is 2. The third-order valence-electron chi connectivity index (χ3n) is 2.20. The normalized spacial score (nSPS) is 10.5. The van der Waals surface area contributed by atoms with Gasteiger partial charge in [0, 0.05) is 13.0 Å². The number of rotatable bonds is 4. The van der Waals surface area contributed by atoms with E-state index in [-0.39, 0.29) is 5.82 Å². The van der Waals surface area contributed by atoms with Crippen LogP contribution in [0.5, 0.6) is 0 Å². The second-order valence-electron chi connectivity index (χ2n) is 3.44. The number of nitrogens with two attached hydrogens (primary N) is 1. The monoisotopic (exact) mass is 271 g/mol. The van der Waals surface area contributed by atoms with Gasteiger partial charge in [0.25, 0.3) is 0 Å². The zero-order valence-electron chi connectivity index (χ0n) is 8.91. The lowest BCUT2D eigenvalue weighted by Crippen LogP contribution is -2.07. The van der Waals surface area contributed by atoms with E-state index < -0.39 is 0 Å². The average molecular weight is 272 g/mol. The number of furan rings is 1. The van der Waals surface area contributed by atoms with Crippen LogP contribution in [0.3, 0.4) is 0 Å². The first-order valence-electron chi connectivity index (χ1n) is 5.04. The highest BCUT2D eigenvalue weighted by molar-refractivity contribution is 6.37. The molecule has 2 rings (SSSR count). The van der Waals surface area contributed by atoms with Gasteiger partial charge in [-0.15, -0.1) is 0 Å². The van der Waals surface area contributed by atoms with Crippen molar-refractivity contribution in [2.45, 2.75) is 6.42 Å². The molecule has 0 bridgehead atoms. The summed E-state index contributed by atoms with van der Waals surface area (Å²) in [6.45, 7) is 0.654. The molecule has 0 saturated carbocycles. The molecule has 0 radical (unpaired) electrons. The van der Waals surface area contributed by atoms with Crippen molar-refractivity contribution in [2.24, 2.45) is 0 Å². The molecule has 0 fully saturated rings. The van der Waals surface area contributed by atoms with Crippen LogP contribution in [0.2, 0.25) is 10.0 Å². The highest BCUT2D eigenvalue weighted by atomic mass is 35.5. The van der Waals surface area contributed by atoms with Crippen LogP contribution in [-0.4, -0.2) is 11.5 Å². The molecule has 0 aliphatic rings. The Morgan fingerprint density at radius 1 is 1.35 bits per heavy atom. The first-order chi connectivity index (χ1) is 8.16. The van der Waals surface area contributed by atoms with E-state index >= 15 is 0 Å². The van der Waals surface area contributed by atoms with Gasteiger partial charge >= 0.3 is 0 Å². The molecule has 2 aromatic heterocycles. The van der Waals surface area contributed by atoms with E-state index in [1.165, 1.54) is 0 Å². The van der Waals surface area contributed by atoms with Gasteiger partial charge in [0.15, 0.2) is 0 Å². The van der Waals surface area contributed by atoms with Gasteiger partial charge in [-0.05, 0) is 18.2 Å². The van der Waals surface area contributed by atoms with E-state index in [1.54, 1.807) is 12.3 Å². The molecule has 2 heterocycles.